The van der Waals surface area contributed by atoms with Gasteiger partial charge in [-0.15, -0.1) is 0 Å². The minimum Gasteiger partial charge on any atom is -0.378 e. The Morgan fingerprint density at radius 2 is 2.04 bits per heavy atom. The second-order valence-electron chi connectivity index (χ2n) is 6.66. The number of anilines is 2. The molecule has 0 saturated carbocycles. The van der Waals surface area contributed by atoms with Gasteiger partial charge in [0.15, 0.2) is 0 Å². The molecule has 2 N–H and O–H groups in total. The summed E-state index contributed by atoms with van der Waals surface area (Å²) in [6, 6.07) is 4.29. The zero-order valence-corrected chi connectivity index (χ0v) is 17.3. The first kappa shape index (κ1) is 18.4. The second-order valence-corrected chi connectivity index (χ2v) is 7.92. The van der Waals surface area contributed by atoms with E-state index in [0.717, 1.165) is 52.1 Å². The Bertz CT molecular complexity index is 966. The quantitative estimate of drug-likeness (QED) is 0.633. The molecule has 3 aromatic rings. The molecule has 0 amide bonds. The summed E-state index contributed by atoms with van der Waals surface area (Å²) in [6.07, 6.45) is 7.06. The van der Waals surface area contributed by atoms with Crippen LogP contribution in [0.25, 0.3) is 11.0 Å². The molecule has 1 saturated heterocycles. The lowest BCUT2D eigenvalue weighted by Crippen LogP contribution is -2.49. The van der Waals surface area contributed by atoms with Gasteiger partial charge < -0.3 is 15.5 Å². The van der Waals surface area contributed by atoms with Gasteiger partial charge in [0, 0.05) is 55.8 Å². The number of fused-ring (bicyclic) bond motifs is 1. The van der Waals surface area contributed by atoms with Crippen LogP contribution in [-0.4, -0.2) is 40.6 Å². The van der Waals surface area contributed by atoms with E-state index in [2.05, 4.69) is 53.3 Å². The van der Waals surface area contributed by atoms with E-state index in [4.69, 9.17) is 11.6 Å². The molecule has 4 rings (SSSR count). The van der Waals surface area contributed by atoms with Crippen LogP contribution in [0.15, 0.2) is 41.4 Å². The van der Waals surface area contributed by atoms with Crippen molar-refractivity contribution in [2.45, 2.75) is 19.5 Å². The summed E-state index contributed by atoms with van der Waals surface area (Å²) in [4.78, 5) is 15.4. The van der Waals surface area contributed by atoms with Crippen LogP contribution >= 0.6 is 27.5 Å². The summed E-state index contributed by atoms with van der Waals surface area (Å²) in [5.74, 6) is 0. The summed E-state index contributed by atoms with van der Waals surface area (Å²) in [7, 11) is 0. The molecule has 140 valence electrons. The van der Waals surface area contributed by atoms with Crippen molar-refractivity contribution in [2.75, 3.05) is 29.9 Å². The van der Waals surface area contributed by atoms with Crippen LogP contribution in [0.1, 0.15) is 12.5 Å². The van der Waals surface area contributed by atoms with Gasteiger partial charge in [0.05, 0.1) is 33.1 Å². The topological polar surface area (TPSA) is 66.0 Å². The number of nitrogens with one attached hydrogen (secondary N) is 2. The molecular formula is C19H20BrClN6. The molecule has 8 heteroatoms. The molecule has 1 aliphatic heterocycles. The van der Waals surface area contributed by atoms with Gasteiger partial charge in [-0.05, 0) is 40.5 Å². The first-order valence-electron chi connectivity index (χ1n) is 8.86. The fourth-order valence-electron chi connectivity index (χ4n) is 3.37. The standard InChI is InChI=1S/C19H20BrClN6/c1-12-11-27(5-4-23-12)19-14(20)9-22-10-18(19)26-8-13-6-16-17(7-15(13)21)25-3-2-24-16/h2-3,6-7,9-10,12,23,26H,4-5,8,11H2,1H3. The van der Waals surface area contributed by atoms with Gasteiger partial charge in [0.2, 0.25) is 0 Å². The van der Waals surface area contributed by atoms with E-state index in [0.29, 0.717) is 17.6 Å². The van der Waals surface area contributed by atoms with E-state index in [1.807, 2.05) is 24.5 Å². The molecule has 6 nitrogen and oxygen atoms in total. The van der Waals surface area contributed by atoms with E-state index in [1.54, 1.807) is 12.4 Å². The smallest absolute Gasteiger partial charge is 0.0901 e. The molecule has 1 atom stereocenters. The highest BCUT2D eigenvalue weighted by Gasteiger charge is 2.21. The molecule has 0 aliphatic carbocycles. The van der Waals surface area contributed by atoms with Gasteiger partial charge in [0.25, 0.3) is 0 Å². The maximum atomic E-state index is 6.46. The van der Waals surface area contributed by atoms with Crippen LogP contribution < -0.4 is 15.5 Å². The average Bonchev–Trinajstić information content (AvgIpc) is 2.66. The van der Waals surface area contributed by atoms with Gasteiger partial charge >= 0.3 is 0 Å². The number of aromatic nitrogens is 3. The van der Waals surface area contributed by atoms with Crippen molar-refractivity contribution in [3.8, 4) is 0 Å². The maximum Gasteiger partial charge on any atom is 0.0901 e. The predicted molar refractivity (Wildman–Crippen MR) is 113 cm³/mol. The molecular weight excluding hydrogens is 428 g/mol. The predicted octanol–water partition coefficient (Wildman–Crippen LogP) is 3.85. The third-order valence-corrected chi connectivity index (χ3v) is 5.60. The zero-order chi connectivity index (χ0) is 18.8. The number of nitrogens with zero attached hydrogens (tertiary/aromatic N) is 4. The Morgan fingerprint density at radius 1 is 1.26 bits per heavy atom. The van der Waals surface area contributed by atoms with Gasteiger partial charge in [0.1, 0.15) is 0 Å². The molecule has 0 radical (unpaired) electrons. The Hall–Kier alpha value is -1.96. The maximum absolute atomic E-state index is 6.46. The van der Waals surface area contributed by atoms with Crippen LogP contribution in [0.3, 0.4) is 0 Å². The Labute approximate surface area is 171 Å². The molecule has 3 heterocycles. The number of halogens is 2. The number of hydrogen-bond donors (Lipinski definition) is 2. The average molecular weight is 448 g/mol. The third kappa shape index (κ3) is 4.00. The fourth-order valence-corrected chi connectivity index (χ4v) is 4.18. The SMILES string of the molecule is CC1CN(c2c(Br)cncc2NCc2cc3nccnc3cc2Cl)CCN1. The van der Waals surface area contributed by atoms with Crippen molar-refractivity contribution in [1.29, 1.82) is 0 Å². The number of piperazine rings is 1. The first-order valence-corrected chi connectivity index (χ1v) is 10.0. The summed E-state index contributed by atoms with van der Waals surface area (Å²) >= 11 is 10.1. The summed E-state index contributed by atoms with van der Waals surface area (Å²) < 4.78 is 0.983. The van der Waals surface area contributed by atoms with Gasteiger partial charge in [-0.25, -0.2) is 0 Å². The molecule has 2 aromatic heterocycles. The summed E-state index contributed by atoms with van der Waals surface area (Å²) in [5.41, 5.74) is 4.72. The molecule has 27 heavy (non-hydrogen) atoms. The largest absolute Gasteiger partial charge is 0.378 e. The van der Waals surface area contributed by atoms with Gasteiger partial charge in [-0.3, -0.25) is 15.0 Å². The minimum atomic E-state index is 0.445. The van der Waals surface area contributed by atoms with E-state index in [9.17, 15) is 0 Å². The lowest BCUT2D eigenvalue weighted by molar-refractivity contribution is 0.484. The Balaban J connectivity index is 1.60. The van der Waals surface area contributed by atoms with Crippen LogP contribution in [-0.2, 0) is 6.54 Å². The highest BCUT2D eigenvalue weighted by atomic mass is 79.9. The van der Waals surface area contributed by atoms with Crippen molar-refractivity contribution < 1.29 is 0 Å². The molecule has 1 aliphatic rings. The van der Waals surface area contributed by atoms with Crippen molar-refractivity contribution in [3.05, 3.63) is 52.0 Å². The van der Waals surface area contributed by atoms with Crippen LogP contribution in [0.2, 0.25) is 5.02 Å². The molecule has 1 fully saturated rings. The molecule has 1 unspecified atom stereocenters. The number of benzene rings is 1. The Morgan fingerprint density at radius 3 is 2.81 bits per heavy atom. The van der Waals surface area contributed by atoms with Crippen molar-refractivity contribution >= 4 is 49.9 Å². The van der Waals surface area contributed by atoms with E-state index in [-0.39, 0.29) is 0 Å². The van der Waals surface area contributed by atoms with E-state index in [1.165, 1.54) is 0 Å². The second kappa shape index (κ2) is 7.96. The lowest BCUT2D eigenvalue weighted by atomic mass is 10.1. The van der Waals surface area contributed by atoms with Crippen molar-refractivity contribution in [3.63, 3.8) is 0 Å². The van der Waals surface area contributed by atoms with Gasteiger partial charge in [-0.2, -0.15) is 0 Å². The molecule has 0 bridgehead atoms. The normalized spacial score (nSPS) is 17.3. The van der Waals surface area contributed by atoms with E-state index >= 15 is 0 Å². The minimum absolute atomic E-state index is 0.445. The van der Waals surface area contributed by atoms with E-state index < -0.39 is 0 Å². The summed E-state index contributed by atoms with van der Waals surface area (Å²) in [5, 5.41) is 7.66. The summed E-state index contributed by atoms with van der Waals surface area (Å²) in [6.45, 7) is 5.64. The Kier molecular flexibility index (Phi) is 5.43. The van der Waals surface area contributed by atoms with Crippen molar-refractivity contribution in [1.82, 2.24) is 20.3 Å². The van der Waals surface area contributed by atoms with Crippen LogP contribution in [0.4, 0.5) is 11.4 Å². The zero-order valence-electron chi connectivity index (χ0n) is 14.9. The first-order chi connectivity index (χ1) is 13.1. The highest BCUT2D eigenvalue weighted by molar-refractivity contribution is 9.10. The monoisotopic (exact) mass is 446 g/mol. The third-order valence-electron chi connectivity index (χ3n) is 4.66. The number of pyridine rings is 1. The highest BCUT2D eigenvalue weighted by Crippen LogP contribution is 2.34. The number of hydrogen-bond acceptors (Lipinski definition) is 6. The van der Waals surface area contributed by atoms with Crippen LogP contribution in [0.5, 0.6) is 0 Å². The van der Waals surface area contributed by atoms with Crippen molar-refractivity contribution in [2.24, 2.45) is 0 Å². The van der Waals surface area contributed by atoms with Gasteiger partial charge in [-0.1, -0.05) is 11.6 Å². The van der Waals surface area contributed by atoms with Crippen LogP contribution in [0, 0.1) is 0 Å². The molecule has 0 spiro atoms. The fraction of sp³-hybridized carbons (Fsp3) is 0.316. The number of rotatable bonds is 4. The lowest BCUT2D eigenvalue weighted by Gasteiger charge is -2.35. The molecule has 1 aromatic carbocycles.